The summed E-state index contributed by atoms with van der Waals surface area (Å²) in [7, 11) is 0.160. The van der Waals surface area contributed by atoms with Crippen LogP contribution in [-0.2, 0) is 13.7 Å². The van der Waals surface area contributed by atoms with Gasteiger partial charge in [0.05, 0.1) is 7.05 Å². The van der Waals surface area contributed by atoms with E-state index in [1.807, 2.05) is 0 Å². The maximum Gasteiger partial charge on any atom is 0.488 e. The van der Waals surface area contributed by atoms with E-state index in [1.165, 1.54) is 4.80 Å². The molecular weight excluding hydrogens is 223 g/mol. The molecule has 0 bridgehead atoms. The second-order valence-electron chi connectivity index (χ2n) is 3.43. The molecule has 17 heavy (non-hydrogen) atoms. The zero-order valence-electron chi connectivity index (χ0n) is 9.19. The van der Waals surface area contributed by atoms with Gasteiger partial charge in [0.1, 0.15) is 5.75 Å². The van der Waals surface area contributed by atoms with E-state index in [-0.39, 0.29) is 6.61 Å². The summed E-state index contributed by atoms with van der Waals surface area (Å²) >= 11 is 0. The number of aromatic nitrogens is 4. The first-order chi connectivity index (χ1) is 8.15. The number of hydrogen-bond acceptors (Lipinski definition) is 6. The van der Waals surface area contributed by atoms with Gasteiger partial charge in [0.25, 0.3) is 0 Å². The van der Waals surface area contributed by atoms with Gasteiger partial charge in [-0.25, -0.2) is 0 Å². The van der Waals surface area contributed by atoms with Crippen LogP contribution in [0.4, 0.5) is 0 Å². The van der Waals surface area contributed by atoms with Crippen LogP contribution in [-0.4, -0.2) is 37.4 Å². The fourth-order valence-electron chi connectivity index (χ4n) is 1.29. The molecule has 0 unspecified atom stereocenters. The molecule has 0 spiro atoms. The number of tetrazole rings is 1. The molecule has 88 valence electrons. The molecule has 0 aliphatic heterocycles. The monoisotopic (exact) mass is 234 g/mol. The van der Waals surface area contributed by atoms with Crippen LogP contribution >= 0.6 is 0 Å². The Bertz CT molecular complexity index is 502. The molecule has 2 rings (SSSR count). The van der Waals surface area contributed by atoms with Crippen LogP contribution in [0.2, 0.25) is 0 Å². The largest absolute Gasteiger partial charge is 0.488 e. The van der Waals surface area contributed by atoms with Crippen molar-refractivity contribution >= 4 is 12.6 Å². The van der Waals surface area contributed by atoms with Gasteiger partial charge in [-0.05, 0) is 22.8 Å². The van der Waals surface area contributed by atoms with Crippen LogP contribution in [0.3, 0.4) is 0 Å². The van der Waals surface area contributed by atoms with E-state index in [0.29, 0.717) is 17.0 Å². The maximum absolute atomic E-state index is 9.00. The molecule has 0 saturated carbocycles. The van der Waals surface area contributed by atoms with E-state index in [9.17, 15) is 0 Å². The van der Waals surface area contributed by atoms with Crippen LogP contribution in [0.5, 0.6) is 5.75 Å². The summed E-state index contributed by atoms with van der Waals surface area (Å²) < 4.78 is 5.40. The SMILES string of the molecule is Cn1nnc(COc2cccc(B(O)O)c2)n1. The summed E-state index contributed by atoms with van der Waals surface area (Å²) in [6, 6.07) is 6.52. The summed E-state index contributed by atoms with van der Waals surface area (Å²) in [5.41, 5.74) is 0.370. The lowest BCUT2D eigenvalue weighted by Crippen LogP contribution is -2.29. The summed E-state index contributed by atoms with van der Waals surface area (Å²) in [6.07, 6.45) is 0. The van der Waals surface area contributed by atoms with Gasteiger partial charge in [0, 0.05) is 0 Å². The minimum atomic E-state index is -1.51. The van der Waals surface area contributed by atoms with E-state index in [4.69, 9.17) is 14.8 Å². The van der Waals surface area contributed by atoms with Gasteiger partial charge in [-0.15, -0.1) is 10.2 Å². The smallest absolute Gasteiger partial charge is 0.485 e. The first-order valence-corrected chi connectivity index (χ1v) is 4.97. The van der Waals surface area contributed by atoms with Crippen LogP contribution in [0.1, 0.15) is 5.82 Å². The first kappa shape index (κ1) is 11.6. The molecule has 0 aliphatic carbocycles. The van der Waals surface area contributed by atoms with Crippen molar-refractivity contribution in [3.8, 4) is 5.75 Å². The summed E-state index contributed by atoms with van der Waals surface area (Å²) in [4.78, 5) is 1.34. The third-order valence-corrected chi connectivity index (χ3v) is 2.07. The second-order valence-corrected chi connectivity index (χ2v) is 3.43. The first-order valence-electron chi connectivity index (χ1n) is 4.97. The highest BCUT2D eigenvalue weighted by Crippen LogP contribution is 2.08. The molecule has 1 aromatic heterocycles. The number of ether oxygens (including phenoxy) is 1. The molecule has 0 saturated heterocycles. The molecule has 0 atom stereocenters. The molecular formula is C9H11BN4O3. The van der Waals surface area contributed by atoms with Gasteiger partial charge in [-0.3, -0.25) is 0 Å². The molecule has 0 amide bonds. The average molecular weight is 234 g/mol. The Morgan fingerprint density at radius 1 is 1.41 bits per heavy atom. The highest BCUT2D eigenvalue weighted by molar-refractivity contribution is 6.58. The van der Waals surface area contributed by atoms with Crippen LogP contribution in [0, 0.1) is 0 Å². The van der Waals surface area contributed by atoms with Crippen LogP contribution in [0.15, 0.2) is 24.3 Å². The molecule has 7 nitrogen and oxygen atoms in total. The molecule has 1 aromatic carbocycles. The molecule has 0 fully saturated rings. The maximum atomic E-state index is 9.00. The van der Waals surface area contributed by atoms with Crippen molar-refractivity contribution in [3.05, 3.63) is 30.1 Å². The Kier molecular flexibility index (Phi) is 3.36. The van der Waals surface area contributed by atoms with Crippen molar-refractivity contribution < 1.29 is 14.8 Å². The van der Waals surface area contributed by atoms with Gasteiger partial charge in [0.15, 0.2) is 6.61 Å². The topological polar surface area (TPSA) is 93.3 Å². The zero-order valence-corrected chi connectivity index (χ0v) is 9.19. The average Bonchev–Trinajstić information content (AvgIpc) is 2.73. The fraction of sp³-hybridized carbons (Fsp3) is 0.222. The molecule has 2 N–H and O–H groups in total. The van der Waals surface area contributed by atoms with Crippen molar-refractivity contribution in [2.45, 2.75) is 6.61 Å². The van der Waals surface area contributed by atoms with Gasteiger partial charge in [-0.2, -0.15) is 4.80 Å². The highest BCUT2D eigenvalue weighted by atomic mass is 16.5. The Balaban J connectivity index is 2.01. The van der Waals surface area contributed by atoms with Crippen molar-refractivity contribution in [1.29, 1.82) is 0 Å². The quantitative estimate of drug-likeness (QED) is 0.623. The van der Waals surface area contributed by atoms with Gasteiger partial charge in [-0.1, -0.05) is 12.1 Å². The van der Waals surface area contributed by atoms with E-state index >= 15 is 0 Å². The van der Waals surface area contributed by atoms with E-state index in [2.05, 4.69) is 15.4 Å². The predicted octanol–water partition coefficient (Wildman–Crippen LogP) is -1.53. The number of rotatable bonds is 4. The molecule has 8 heteroatoms. The standard InChI is InChI=1S/C9H11BN4O3/c1-14-12-9(11-13-14)6-17-8-4-2-3-7(5-8)10(15)16/h2-5,15-16H,6H2,1H3. The molecule has 0 aliphatic rings. The third kappa shape index (κ3) is 3.02. The molecule has 1 heterocycles. The Morgan fingerprint density at radius 2 is 2.24 bits per heavy atom. The number of nitrogens with zero attached hydrogens (tertiary/aromatic N) is 4. The van der Waals surface area contributed by atoms with Crippen LogP contribution in [0.25, 0.3) is 0 Å². The summed E-state index contributed by atoms with van der Waals surface area (Å²) in [5.74, 6) is 0.977. The van der Waals surface area contributed by atoms with E-state index in [0.717, 1.165) is 0 Å². The lowest BCUT2D eigenvalue weighted by Gasteiger charge is -2.05. The molecule has 0 radical (unpaired) electrons. The Labute approximate surface area is 97.8 Å². The van der Waals surface area contributed by atoms with Crippen molar-refractivity contribution in [2.24, 2.45) is 7.05 Å². The summed E-state index contributed by atoms with van der Waals surface area (Å²) in [6.45, 7) is 0.179. The number of benzene rings is 1. The van der Waals surface area contributed by atoms with E-state index in [1.54, 1.807) is 31.3 Å². The van der Waals surface area contributed by atoms with Crippen LogP contribution < -0.4 is 10.2 Å². The zero-order chi connectivity index (χ0) is 12.3. The van der Waals surface area contributed by atoms with Gasteiger partial charge < -0.3 is 14.8 Å². The predicted molar refractivity (Wildman–Crippen MR) is 59.4 cm³/mol. The Morgan fingerprint density at radius 3 is 2.88 bits per heavy atom. The minimum absolute atomic E-state index is 0.179. The number of aryl methyl sites for hydroxylation is 1. The minimum Gasteiger partial charge on any atom is -0.485 e. The summed E-state index contributed by atoms with van der Waals surface area (Å²) in [5, 5.41) is 29.4. The molecule has 2 aromatic rings. The van der Waals surface area contributed by atoms with Gasteiger partial charge in [0.2, 0.25) is 5.82 Å². The third-order valence-electron chi connectivity index (χ3n) is 2.07. The van der Waals surface area contributed by atoms with Crippen molar-refractivity contribution in [1.82, 2.24) is 20.2 Å². The Hall–Kier alpha value is -1.93. The number of hydrogen-bond donors (Lipinski definition) is 2. The fourth-order valence-corrected chi connectivity index (χ4v) is 1.29. The van der Waals surface area contributed by atoms with E-state index < -0.39 is 7.12 Å². The van der Waals surface area contributed by atoms with Crippen molar-refractivity contribution in [2.75, 3.05) is 0 Å². The van der Waals surface area contributed by atoms with Gasteiger partial charge >= 0.3 is 7.12 Å². The highest BCUT2D eigenvalue weighted by Gasteiger charge is 2.11. The lowest BCUT2D eigenvalue weighted by molar-refractivity contribution is 0.295. The second kappa shape index (κ2) is 4.94. The lowest BCUT2D eigenvalue weighted by atomic mass is 9.80. The van der Waals surface area contributed by atoms with Crippen molar-refractivity contribution in [3.63, 3.8) is 0 Å². The normalized spacial score (nSPS) is 10.3.